The molecule has 1 radical (unpaired) electrons. The summed E-state index contributed by atoms with van der Waals surface area (Å²) in [7, 11) is 0. The third-order valence-electron chi connectivity index (χ3n) is 1.63. The standard InChI is InChI=1S/C9H11S/c1-8-4-2-3-5-9(8)6-7-10/h2-5H,6-7H2,1H3. The van der Waals surface area contributed by atoms with Gasteiger partial charge in [-0.3, -0.25) is 0 Å². The molecular formula is C9H11S. The monoisotopic (exact) mass is 151 g/mol. The van der Waals surface area contributed by atoms with Crippen molar-refractivity contribution < 1.29 is 0 Å². The van der Waals surface area contributed by atoms with Crippen LogP contribution in [0.5, 0.6) is 0 Å². The Morgan fingerprint density at radius 1 is 1.30 bits per heavy atom. The first-order chi connectivity index (χ1) is 4.84. The van der Waals surface area contributed by atoms with E-state index in [0.29, 0.717) is 0 Å². The second-order valence-electron chi connectivity index (χ2n) is 2.38. The molecule has 0 atom stereocenters. The van der Waals surface area contributed by atoms with Gasteiger partial charge >= 0.3 is 0 Å². The van der Waals surface area contributed by atoms with Crippen molar-refractivity contribution in [1.29, 1.82) is 0 Å². The highest BCUT2D eigenvalue weighted by molar-refractivity contribution is 7.80. The third kappa shape index (κ3) is 1.77. The van der Waals surface area contributed by atoms with Gasteiger partial charge in [-0.1, -0.05) is 36.9 Å². The molecule has 0 heterocycles. The minimum Gasteiger partial charge on any atom is -0.0938 e. The fourth-order valence-electron chi connectivity index (χ4n) is 1.00. The molecule has 1 aromatic rings. The van der Waals surface area contributed by atoms with E-state index in [2.05, 4.69) is 31.2 Å². The first kappa shape index (κ1) is 7.67. The van der Waals surface area contributed by atoms with Crippen LogP contribution in [-0.4, -0.2) is 5.75 Å². The summed E-state index contributed by atoms with van der Waals surface area (Å²) in [6.07, 6.45) is 1.03. The van der Waals surface area contributed by atoms with Gasteiger partial charge in [0.15, 0.2) is 0 Å². The molecule has 0 bridgehead atoms. The molecule has 10 heavy (non-hydrogen) atoms. The highest BCUT2D eigenvalue weighted by Crippen LogP contribution is 2.07. The fourth-order valence-corrected chi connectivity index (χ4v) is 1.22. The van der Waals surface area contributed by atoms with Gasteiger partial charge in [-0.2, -0.15) is 0 Å². The topological polar surface area (TPSA) is 0 Å². The van der Waals surface area contributed by atoms with Crippen molar-refractivity contribution >= 4 is 12.6 Å². The predicted octanol–water partition coefficient (Wildman–Crippen LogP) is 2.74. The number of benzene rings is 1. The molecule has 0 unspecified atom stereocenters. The summed E-state index contributed by atoms with van der Waals surface area (Å²) in [5.74, 6) is 0.824. The first-order valence-corrected chi connectivity index (χ1v) is 4.05. The molecule has 0 amide bonds. The van der Waals surface area contributed by atoms with E-state index in [0.717, 1.165) is 12.2 Å². The van der Waals surface area contributed by atoms with Crippen molar-refractivity contribution in [1.82, 2.24) is 0 Å². The van der Waals surface area contributed by atoms with Crippen molar-refractivity contribution in [3.8, 4) is 0 Å². The largest absolute Gasteiger partial charge is 0.0938 e. The molecule has 1 aromatic carbocycles. The molecular weight excluding hydrogens is 140 g/mol. The van der Waals surface area contributed by atoms with E-state index in [-0.39, 0.29) is 0 Å². The molecule has 1 rings (SSSR count). The van der Waals surface area contributed by atoms with Gasteiger partial charge in [-0.15, -0.1) is 0 Å². The van der Waals surface area contributed by atoms with Crippen LogP contribution in [-0.2, 0) is 6.42 Å². The van der Waals surface area contributed by atoms with Crippen molar-refractivity contribution in [3.05, 3.63) is 35.4 Å². The molecule has 1 heteroatoms. The normalized spacial score (nSPS) is 9.80. The van der Waals surface area contributed by atoms with E-state index >= 15 is 0 Å². The molecule has 0 saturated heterocycles. The Labute approximate surface area is 67.7 Å². The van der Waals surface area contributed by atoms with Gasteiger partial charge in [0, 0.05) is 5.75 Å². The summed E-state index contributed by atoms with van der Waals surface area (Å²) in [5.41, 5.74) is 2.74. The van der Waals surface area contributed by atoms with Gasteiger partial charge in [0.1, 0.15) is 0 Å². The number of aryl methyl sites for hydroxylation is 2. The molecule has 0 aliphatic heterocycles. The van der Waals surface area contributed by atoms with Crippen molar-refractivity contribution in [3.63, 3.8) is 0 Å². The van der Waals surface area contributed by atoms with E-state index < -0.39 is 0 Å². The summed E-state index contributed by atoms with van der Waals surface area (Å²) in [6, 6.07) is 8.39. The first-order valence-electron chi connectivity index (χ1n) is 3.47. The molecule has 0 saturated carbocycles. The fraction of sp³-hybridized carbons (Fsp3) is 0.333. The van der Waals surface area contributed by atoms with Gasteiger partial charge < -0.3 is 0 Å². The van der Waals surface area contributed by atoms with Gasteiger partial charge in [-0.05, 0) is 24.5 Å². The van der Waals surface area contributed by atoms with Gasteiger partial charge in [0.2, 0.25) is 0 Å². The summed E-state index contributed by atoms with van der Waals surface area (Å²) in [4.78, 5) is 0. The maximum Gasteiger partial charge on any atom is 0.00775 e. The average Bonchev–Trinajstić information content (AvgIpc) is 1.94. The van der Waals surface area contributed by atoms with Crippen LogP contribution in [0, 0.1) is 6.92 Å². The van der Waals surface area contributed by atoms with E-state index in [1.54, 1.807) is 0 Å². The smallest absolute Gasteiger partial charge is 0.00775 e. The Morgan fingerprint density at radius 2 is 2.00 bits per heavy atom. The number of hydrogen-bond donors (Lipinski definition) is 0. The van der Waals surface area contributed by atoms with Gasteiger partial charge in [0.05, 0.1) is 0 Å². The quantitative estimate of drug-likeness (QED) is 0.609. The lowest BCUT2D eigenvalue weighted by Gasteiger charge is -2.00. The predicted molar refractivity (Wildman–Crippen MR) is 47.3 cm³/mol. The summed E-state index contributed by atoms with van der Waals surface area (Å²) < 4.78 is 0. The van der Waals surface area contributed by atoms with E-state index in [1.807, 2.05) is 0 Å². The lowest BCUT2D eigenvalue weighted by atomic mass is 10.1. The maximum atomic E-state index is 4.89. The van der Waals surface area contributed by atoms with Crippen LogP contribution in [0.1, 0.15) is 11.1 Å². The molecule has 0 spiro atoms. The Kier molecular flexibility index (Phi) is 2.82. The Balaban J connectivity index is 2.81. The van der Waals surface area contributed by atoms with Gasteiger partial charge in [-0.25, -0.2) is 0 Å². The molecule has 0 aliphatic rings. The minimum atomic E-state index is 0.824. The zero-order valence-corrected chi connectivity index (χ0v) is 6.95. The SMILES string of the molecule is Cc1ccccc1CC[S]. The van der Waals surface area contributed by atoms with E-state index in [9.17, 15) is 0 Å². The van der Waals surface area contributed by atoms with Crippen LogP contribution in [0.4, 0.5) is 0 Å². The highest BCUT2D eigenvalue weighted by Gasteiger charge is 1.93. The molecule has 0 fully saturated rings. The second-order valence-corrected chi connectivity index (χ2v) is 2.79. The van der Waals surface area contributed by atoms with Gasteiger partial charge in [0.25, 0.3) is 0 Å². The van der Waals surface area contributed by atoms with Crippen molar-refractivity contribution in [2.24, 2.45) is 0 Å². The Morgan fingerprint density at radius 3 is 2.60 bits per heavy atom. The van der Waals surface area contributed by atoms with Crippen molar-refractivity contribution in [2.75, 3.05) is 5.75 Å². The number of hydrogen-bond acceptors (Lipinski definition) is 0. The average molecular weight is 151 g/mol. The van der Waals surface area contributed by atoms with E-state index in [1.165, 1.54) is 11.1 Å². The molecule has 0 aromatic heterocycles. The zero-order chi connectivity index (χ0) is 7.40. The molecule has 0 N–H and O–H groups in total. The van der Waals surface area contributed by atoms with Crippen LogP contribution < -0.4 is 0 Å². The van der Waals surface area contributed by atoms with Crippen molar-refractivity contribution in [2.45, 2.75) is 13.3 Å². The molecule has 0 aliphatic carbocycles. The summed E-state index contributed by atoms with van der Waals surface area (Å²) in [5, 5.41) is 0. The second kappa shape index (κ2) is 3.67. The Bertz CT molecular complexity index is 206. The zero-order valence-electron chi connectivity index (χ0n) is 6.13. The highest BCUT2D eigenvalue weighted by atomic mass is 32.1. The third-order valence-corrected chi connectivity index (χ3v) is 1.84. The van der Waals surface area contributed by atoms with Crippen LogP contribution in [0.25, 0.3) is 0 Å². The molecule has 53 valence electrons. The van der Waals surface area contributed by atoms with Crippen LogP contribution in [0.2, 0.25) is 0 Å². The summed E-state index contributed by atoms with van der Waals surface area (Å²) in [6.45, 7) is 2.13. The maximum absolute atomic E-state index is 4.89. The molecule has 0 nitrogen and oxygen atoms in total. The minimum absolute atomic E-state index is 0.824. The van der Waals surface area contributed by atoms with Crippen LogP contribution >= 0.6 is 12.6 Å². The lowest BCUT2D eigenvalue weighted by Crippen LogP contribution is -1.88. The van der Waals surface area contributed by atoms with E-state index in [4.69, 9.17) is 12.6 Å². The lowest BCUT2D eigenvalue weighted by molar-refractivity contribution is 1.13. The number of rotatable bonds is 2. The van der Waals surface area contributed by atoms with Crippen LogP contribution in [0.15, 0.2) is 24.3 Å². The van der Waals surface area contributed by atoms with Crippen LogP contribution in [0.3, 0.4) is 0 Å². The Hall–Kier alpha value is -0.430. The summed E-state index contributed by atoms with van der Waals surface area (Å²) >= 11 is 4.89.